The number of hydrogen-bond acceptors (Lipinski definition) is 8. The average molecular weight is 951 g/mol. The van der Waals surface area contributed by atoms with E-state index >= 15 is 19.2 Å². The Morgan fingerprint density at radius 3 is 0.771 bits per heavy atom. The first-order chi connectivity index (χ1) is 32.9. The quantitative estimate of drug-likeness (QED) is 0.0373. The molecule has 0 N–H and O–H groups in total. The Morgan fingerprint density at radius 1 is 0.329 bits per heavy atom. The zero-order chi connectivity index (χ0) is 50.2. The van der Waals surface area contributed by atoms with Crippen LogP contribution >= 0.6 is 0 Å². The summed E-state index contributed by atoms with van der Waals surface area (Å²) in [5.41, 5.74) is 2.01. The van der Waals surface area contributed by atoms with Gasteiger partial charge in [0.15, 0.2) is 0 Å². The molecule has 0 aliphatic carbocycles. The third kappa shape index (κ3) is 8.96. The van der Waals surface area contributed by atoms with E-state index in [2.05, 4.69) is 84.6 Å². The van der Waals surface area contributed by atoms with Gasteiger partial charge in [0, 0.05) is 33.0 Å². The molecule has 0 saturated carbocycles. The molecule has 0 saturated heterocycles. The molecule has 0 fully saturated rings. The highest BCUT2D eigenvalue weighted by Crippen LogP contribution is 2.50. The van der Waals surface area contributed by atoms with Gasteiger partial charge in [0.25, 0.3) is 23.6 Å². The zero-order valence-electron chi connectivity index (χ0n) is 42.7. The molecule has 9 rings (SSSR count). The van der Waals surface area contributed by atoms with Crippen LogP contribution in [0.25, 0.3) is 43.1 Å². The number of hydrogen-bond donors (Lipinski definition) is 0. The predicted molar refractivity (Wildman–Crippen MR) is 276 cm³/mol. The lowest BCUT2D eigenvalue weighted by atomic mass is 9.82. The zero-order valence-corrected chi connectivity index (χ0v) is 42.7. The van der Waals surface area contributed by atoms with E-state index in [0.717, 1.165) is 32.3 Å². The highest BCUT2D eigenvalue weighted by molar-refractivity contribution is 6.45. The smallest absolute Gasteiger partial charge is 0.266 e. The minimum atomic E-state index is -0.491. The van der Waals surface area contributed by atoms with Crippen LogP contribution < -0.4 is 28.7 Å². The third-order valence-electron chi connectivity index (χ3n) is 13.1. The number of carbonyl (C=O) groups excluding carboxylic acids is 4. The molecule has 70 heavy (non-hydrogen) atoms. The largest absolute Gasteiger partial charge is 0.485 e. The van der Waals surface area contributed by atoms with Crippen LogP contribution in [0.5, 0.6) is 23.0 Å². The van der Waals surface area contributed by atoms with Gasteiger partial charge in [-0.2, -0.15) is 0 Å². The summed E-state index contributed by atoms with van der Waals surface area (Å²) in [6.45, 7) is 4.15. The molecule has 0 unspecified atom stereocenters. The molecule has 14 heteroatoms. The second-order valence-corrected chi connectivity index (χ2v) is 22.7. The van der Waals surface area contributed by atoms with Gasteiger partial charge in [0.1, 0.15) is 87.0 Å². The van der Waals surface area contributed by atoms with Gasteiger partial charge in [0.2, 0.25) is 0 Å². The number of quaternary nitrogens is 4. The van der Waals surface area contributed by atoms with Crippen molar-refractivity contribution in [1.29, 1.82) is 0 Å². The van der Waals surface area contributed by atoms with E-state index < -0.39 is 23.6 Å². The lowest BCUT2D eigenvalue weighted by molar-refractivity contribution is -0.870. The molecule has 2 heterocycles. The molecule has 2 aliphatic rings. The second-order valence-electron chi connectivity index (χ2n) is 22.7. The molecule has 364 valence electrons. The summed E-state index contributed by atoms with van der Waals surface area (Å²) in [6, 6.07) is 25.5. The van der Waals surface area contributed by atoms with Crippen LogP contribution in [0.1, 0.15) is 41.4 Å². The molecule has 0 bridgehead atoms. The lowest BCUT2D eigenvalue weighted by Gasteiger charge is -2.32. The maximum atomic E-state index is 15.0. The first-order valence-electron chi connectivity index (χ1n) is 23.9. The maximum Gasteiger partial charge on any atom is 0.266 e. The van der Waals surface area contributed by atoms with Gasteiger partial charge < -0.3 is 36.9 Å². The molecule has 14 nitrogen and oxygen atoms in total. The number of amides is 4. The van der Waals surface area contributed by atoms with Gasteiger partial charge in [-0.05, 0) is 80.8 Å². The topological polar surface area (TPSA) is 112 Å². The van der Waals surface area contributed by atoms with Gasteiger partial charge in [-0.15, -0.1) is 0 Å². The van der Waals surface area contributed by atoms with Crippen molar-refractivity contribution in [3.63, 3.8) is 0 Å². The van der Waals surface area contributed by atoms with E-state index in [1.54, 1.807) is 48.5 Å². The van der Waals surface area contributed by atoms with Gasteiger partial charge >= 0.3 is 0 Å². The SMILES string of the molecule is C[N+](C)(C)CCOc1cccc(OCC[N+](C)(C)C)c1N1C(=O)c2ccc3c4ccc5c6c(ccc(c7ccc(c2c37)C1=O)c64)C(=O)N(c1c(OCC[N+](C)(C)C)cccc1OCC[N+](C)(C)C)C5=O. The van der Waals surface area contributed by atoms with E-state index in [4.69, 9.17) is 18.9 Å². The number of ether oxygens (including phenoxy) is 4. The fraction of sp³-hybridized carbons (Fsp3) is 0.357. The van der Waals surface area contributed by atoms with Gasteiger partial charge in [-0.3, -0.25) is 19.2 Å². The number of anilines is 2. The van der Waals surface area contributed by atoms with Crippen LogP contribution in [0.2, 0.25) is 0 Å². The van der Waals surface area contributed by atoms with Crippen molar-refractivity contribution in [2.24, 2.45) is 0 Å². The van der Waals surface area contributed by atoms with Crippen LogP contribution in [0.4, 0.5) is 11.4 Å². The second kappa shape index (κ2) is 17.5. The molecule has 0 aromatic heterocycles. The number of nitrogens with zero attached hydrogens (tertiary/aromatic N) is 6. The first kappa shape index (κ1) is 48.2. The molecule has 0 atom stereocenters. The highest BCUT2D eigenvalue weighted by Gasteiger charge is 2.41. The summed E-state index contributed by atoms with van der Waals surface area (Å²) in [5.74, 6) is -0.452. The predicted octanol–water partition coefficient (Wildman–Crippen LogP) is 7.68. The number of likely N-dealkylation sites (N-methyl/N-ethyl adjacent to an activating group) is 4. The summed E-state index contributed by atoms with van der Waals surface area (Å²) < 4.78 is 28.2. The van der Waals surface area contributed by atoms with Crippen LogP contribution in [-0.2, 0) is 0 Å². The lowest BCUT2D eigenvalue weighted by Crippen LogP contribution is -2.42. The number of benzene rings is 7. The number of carbonyl (C=O) groups is 4. The Balaban J connectivity index is 1.15. The molecular formula is C56H66N6O8+4. The van der Waals surface area contributed by atoms with Crippen molar-refractivity contribution in [3.8, 4) is 23.0 Å². The molecule has 2 aliphatic heterocycles. The Kier molecular flexibility index (Phi) is 12.1. The van der Waals surface area contributed by atoms with Gasteiger partial charge in [-0.1, -0.05) is 36.4 Å². The van der Waals surface area contributed by atoms with E-state index in [1.165, 1.54) is 9.80 Å². The molecule has 7 aromatic carbocycles. The number of imide groups is 2. The number of para-hydroxylation sites is 2. The monoisotopic (exact) mass is 950 g/mol. The van der Waals surface area contributed by atoms with Gasteiger partial charge in [0.05, 0.1) is 84.6 Å². The third-order valence-corrected chi connectivity index (χ3v) is 13.1. The van der Waals surface area contributed by atoms with Crippen LogP contribution in [0, 0.1) is 0 Å². The van der Waals surface area contributed by atoms with Crippen LogP contribution in [0.3, 0.4) is 0 Å². The van der Waals surface area contributed by atoms with Gasteiger partial charge in [-0.25, -0.2) is 9.80 Å². The molecule has 0 radical (unpaired) electrons. The van der Waals surface area contributed by atoms with E-state index in [9.17, 15) is 0 Å². The molecule has 7 aromatic rings. The Morgan fingerprint density at radius 2 is 0.557 bits per heavy atom. The standard InChI is InChI=1S/C56H66N6O8/c1-59(2,3)27-31-67-43-15-13-16-44(68-32-28-60(4,5)6)51(43)57-53(63)39-23-19-35-37-21-25-41-50-42(26-22-38(48(37)50)36-20-24-40(54(57)64)49(39)47(35)36)56(66)58(55(41)65)52-45(69-33-29-61(7,8)9)17-14-18-46(52)70-34-30-62(10,11)12/h13-26H,27-34H2,1-12H3/q+4. The van der Waals surface area contributed by atoms with Crippen molar-refractivity contribution in [2.75, 3.05) is 147 Å². The minimum Gasteiger partial charge on any atom is -0.485 e. The first-order valence-corrected chi connectivity index (χ1v) is 23.9. The summed E-state index contributed by atoms with van der Waals surface area (Å²) in [7, 11) is 24.9. The number of fused-ring (bicyclic) bond motifs is 2. The van der Waals surface area contributed by atoms with Crippen molar-refractivity contribution < 1.29 is 56.1 Å². The minimum absolute atomic E-state index is 0.272. The van der Waals surface area contributed by atoms with Crippen LogP contribution in [0.15, 0.2) is 84.9 Å². The Labute approximate surface area is 409 Å². The van der Waals surface area contributed by atoms with E-state index in [-0.39, 0.29) is 11.4 Å². The summed E-state index contributed by atoms with van der Waals surface area (Å²) >= 11 is 0. The molecular weight excluding hydrogens is 885 g/mol. The van der Waals surface area contributed by atoms with E-state index in [1.807, 2.05) is 36.4 Å². The summed E-state index contributed by atoms with van der Waals surface area (Å²) in [6.07, 6.45) is 0. The van der Waals surface area contributed by atoms with E-state index in [0.29, 0.717) is 127 Å². The Hall–Kier alpha value is -6.84. The summed E-state index contributed by atoms with van der Waals surface area (Å²) in [5, 5.41) is 5.78. The van der Waals surface area contributed by atoms with Crippen molar-refractivity contribution in [2.45, 2.75) is 0 Å². The highest BCUT2D eigenvalue weighted by atomic mass is 16.5. The fourth-order valence-corrected chi connectivity index (χ4v) is 9.30. The van der Waals surface area contributed by atoms with Crippen molar-refractivity contribution in [1.82, 2.24) is 0 Å². The molecule has 4 amide bonds. The Bertz CT molecular complexity index is 2850. The molecule has 0 spiro atoms. The average Bonchev–Trinajstić information content (AvgIpc) is 3.26. The summed E-state index contributed by atoms with van der Waals surface area (Å²) in [4.78, 5) is 62.6. The number of rotatable bonds is 18. The van der Waals surface area contributed by atoms with Crippen molar-refractivity contribution in [3.05, 3.63) is 107 Å². The fourth-order valence-electron chi connectivity index (χ4n) is 9.30. The maximum absolute atomic E-state index is 15.0. The van der Waals surface area contributed by atoms with Crippen molar-refractivity contribution >= 4 is 78.1 Å². The van der Waals surface area contributed by atoms with Crippen LogP contribution in [-0.4, -0.2) is 179 Å². The normalized spacial score (nSPS) is 14.5.